The Balaban J connectivity index is 1.74. The molecule has 14 nitrogen and oxygen atoms in total. The van der Waals surface area contributed by atoms with Crippen molar-refractivity contribution in [2.24, 2.45) is 0 Å². The Kier molecular flexibility index (Phi) is 42.0. The van der Waals surface area contributed by atoms with Crippen molar-refractivity contribution >= 4 is 5.91 Å². The minimum atomic E-state index is -1.78. The lowest BCUT2D eigenvalue weighted by molar-refractivity contribution is -0.359. The average molecular weight is 1030 g/mol. The van der Waals surface area contributed by atoms with E-state index in [1.165, 1.54) is 193 Å². The number of hydrogen-bond donors (Lipinski definition) is 9. The third-order valence-electron chi connectivity index (χ3n) is 15.3. The Morgan fingerprint density at radius 2 is 0.792 bits per heavy atom. The molecule has 2 heterocycles. The summed E-state index contributed by atoms with van der Waals surface area (Å²) in [5.74, 6) is -0.200. The SMILES string of the molecule is CCCCCCCCCCCCCCCCCCCCCCC(=O)NC(COC1OC(CO)C(OC2OC(CO)C(O)C(O)C2O)C(O)C1O)C(O)CCCCCCCCCCCCCCCCCCCC. The van der Waals surface area contributed by atoms with Crippen molar-refractivity contribution in [2.75, 3.05) is 19.8 Å². The number of carbonyl (C=O) groups is 1. The lowest BCUT2D eigenvalue weighted by Crippen LogP contribution is -2.65. The van der Waals surface area contributed by atoms with Gasteiger partial charge in [0.2, 0.25) is 5.91 Å². The second-order valence-corrected chi connectivity index (χ2v) is 21.8. The van der Waals surface area contributed by atoms with Crippen LogP contribution in [0.5, 0.6) is 0 Å². The number of unbranched alkanes of at least 4 members (excludes halogenated alkanes) is 36. The van der Waals surface area contributed by atoms with Crippen LogP contribution in [-0.4, -0.2) is 140 Å². The van der Waals surface area contributed by atoms with Crippen LogP contribution in [0, 0.1) is 0 Å². The normalized spacial score (nSPS) is 25.5. The summed E-state index contributed by atoms with van der Waals surface area (Å²) in [6, 6.07) is -0.822. The molecule has 0 aliphatic carbocycles. The fourth-order valence-corrected chi connectivity index (χ4v) is 10.4. The molecular formula is C58H113NO13. The molecule has 72 heavy (non-hydrogen) atoms. The first-order valence-corrected chi connectivity index (χ1v) is 30.3. The summed E-state index contributed by atoms with van der Waals surface area (Å²) in [7, 11) is 0. The molecule has 2 saturated heterocycles. The summed E-state index contributed by atoms with van der Waals surface area (Å²) in [5.41, 5.74) is 0. The number of ether oxygens (including phenoxy) is 4. The zero-order valence-corrected chi connectivity index (χ0v) is 46.0. The standard InChI is InChI=1S/C58H113NO13/c1-3-5-7-9-11-13-15-17-19-21-23-24-26-28-30-32-34-36-38-40-42-50(63)59-46(47(62)41-39-37-35-33-31-29-27-25-22-20-18-16-14-12-10-8-6-4-2)45-69-57-55(68)53(66)56(49(44-61)71-57)72-58-54(67)52(65)51(64)48(43-60)70-58/h46-49,51-58,60-62,64-68H,3-45H2,1-2H3,(H,59,63). The number of rotatable bonds is 49. The highest BCUT2D eigenvalue weighted by molar-refractivity contribution is 5.76. The monoisotopic (exact) mass is 1030 g/mol. The topological polar surface area (TPSA) is 228 Å². The minimum Gasteiger partial charge on any atom is -0.394 e. The van der Waals surface area contributed by atoms with E-state index in [1.54, 1.807) is 0 Å². The number of amides is 1. The van der Waals surface area contributed by atoms with Gasteiger partial charge < -0.3 is 65.1 Å². The van der Waals surface area contributed by atoms with Crippen LogP contribution >= 0.6 is 0 Å². The van der Waals surface area contributed by atoms with Crippen molar-refractivity contribution in [1.82, 2.24) is 5.32 Å². The van der Waals surface area contributed by atoms with Gasteiger partial charge in [0, 0.05) is 6.42 Å². The van der Waals surface area contributed by atoms with E-state index in [0.717, 1.165) is 51.4 Å². The van der Waals surface area contributed by atoms with Gasteiger partial charge in [0.1, 0.15) is 48.8 Å². The third-order valence-corrected chi connectivity index (χ3v) is 15.3. The molecule has 0 bridgehead atoms. The molecule has 12 unspecified atom stereocenters. The maximum absolute atomic E-state index is 13.3. The fourth-order valence-electron chi connectivity index (χ4n) is 10.4. The fraction of sp³-hybridized carbons (Fsp3) is 0.983. The molecule has 9 N–H and O–H groups in total. The van der Waals surface area contributed by atoms with Crippen molar-refractivity contribution in [1.29, 1.82) is 0 Å². The second kappa shape index (κ2) is 45.1. The Morgan fingerprint density at radius 1 is 0.444 bits per heavy atom. The van der Waals surface area contributed by atoms with E-state index in [1.807, 2.05) is 0 Å². The van der Waals surface area contributed by atoms with Crippen molar-refractivity contribution < 1.29 is 64.6 Å². The third kappa shape index (κ3) is 30.7. The molecule has 0 aromatic heterocycles. The van der Waals surface area contributed by atoms with E-state index in [4.69, 9.17) is 18.9 Å². The number of carbonyl (C=O) groups excluding carboxylic acids is 1. The molecule has 2 rings (SSSR count). The minimum absolute atomic E-state index is 0.200. The highest BCUT2D eigenvalue weighted by atomic mass is 16.7. The van der Waals surface area contributed by atoms with Crippen LogP contribution in [0.25, 0.3) is 0 Å². The quantitative estimate of drug-likeness (QED) is 0.0259. The van der Waals surface area contributed by atoms with Gasteiger partial charge in [-0.25, -0.2) is 0 Å². The highest BCUT2D eigenvalue weighted by Gasteiger charge is 2.51. The van der Waals surface area contributed by atoms with Gasteiger partial charge in [-0.2, -0.15) is 0 Å². The first-order chi connectivity index (χ1) is 35.1. The maximum atomic E-state index is 13.3. The van der Waals surface area contributed by atoms with Gasteiger partial charge in [-0.05, 0) is 12.8 Å². The van der Waals surface area contributed by atoms with Gasteiger partial charge in [0.15, 0.2) is 12.6 Å². The first kappa shape index (κ1) is 67.1. The van der Waals surface area contributed by atoms with Gasteiger partial charge in [-0.3, -0.25) is 4.79 Å². The summed E-state index contributed by atoms with van der Waals surface area (Å²) in [5, 5.41) is 87.3. The van der Waals surface area contributed by atoms with Gasteiger partial charge in [-0.15, -0.1) is 0 Å². The van der Waals surface area contributed by atoms with Gasteiger partial charge in [0.05, 0.1) is 32.0 Å². The molecule has 2 aliphatic rings. The molecular weight excluding hydrogens is 919 g/mol. The largest absolute Gasteiger partial charge is 0.394 e. The molecule has 0 spiro atoms. The molecule has 2 fully saturated rings. The Labute approximate surface area is 438 Å². The molecule has 428 valence electrons. The Bertz CT molecular complexity index is 1220. The van der Waals surface area contributed by atoms with Crippen molar-refractivity contribution in [3.63, 3.8) is 0 Å². The van der Waals surface area contributed by atoms with E-state index in [9.17, 15) is 45.6 Å². The summed E-state index contributed by atoms with van der Waals surface area (Å²) in [6.45, 7) is 2.90. The summed E-state index contributed by atoms with van der Waals surface area (Å²) < 4.78 is 22.8. The zero-order chi connectivity index (χ0) is 52.4. The first-order valence-electron chi connectivity index (χ1n) is 30.3. The molecule has 0 saturated carbocycles. The summed E-state index contributed by atoms with van der Waals surface area (Å²) in [4.78, 5) is 13.3. The van der Waals surface area contributed by atoms with Crippen LogP contribution in [0.4, 0.5) is 0 Å². The van der Waals surface area contributed by atoms with Gasteiger partial charge in [-0.1, -0.05) is 251 Å². The van der Waals surface area contributed by atoms with Crippen LogP contribution in [0.3, 0.4) is 0 Å². The zero-order valence-electron chi connectivity index (χ0n) is 46.0. The number of aliphatic hydroxyl groups excluding tert-OH is 8. The Morgan fingerprint density at radius 3 is 1.18 bits per heavy atom. The van der Waals surface area contributed by atoms with Crippen LogP contribution < -0.4 is 5.32 Å². The van der Waals surface area contributed by atoms with E-state index >= 15 is 0 Å². The summed E-state index contributed by atoms with van der Waals surface area (Å²) in [6.07, 6.45) is 32.4. The van der Waals surface area contributed by atoms with E-state index in [0.29, 0.717) is 12.8 Å². The predicted molar refractivity (Wildman–Crippen MR) is 286 cm³/mol. The maximum Gasteiger partial charge on any atom is 0.220 e. The lowest BCUT2D eigenvalue weighted by atomic mass is 9.97. The van der Waals surface area contributed by atoms with Crippen LogP contribution in [-0.2, 0) is 23.7 Å². The second-order valence-electron chi connectivity index (χ2n) is 21.8. The molecule has 0 aromatic rings. The number of aliphatic hydroxyl groups is 8. The van der Waals surface area contributed by atoms with Crippen LogP contribution in [0.2, 0.25) is 0 Å². The number of nitrogens with one attached hydrogen (secondary N) is 1. The molecule has 0 aromatic carbocycles. The molecule has 2 aliphatic heterocycles. The molecule has 0 radical (unpaired) electrons. The van der Waals surface area contributed by atoms with Gasteiger partial charge in [0.25, 0.3) is 0 Å². The highest BCUT2D eigenvalue weighted by Crippen LogP contribution is 2.30. The molecule has 1 amide bonds. The van der Waals surface area contributed by atoms with Gasteiger partial charge >= 0.3 is 0 Å². The van der Waals surface area contributed by atoms with Crippen molar-refractivity contribution in [3.05, 3.63) is 0 Å². The Hall–Kier alpha value is -1.01. The predicted octanol–water partition coefficient (Wildman–Crippen LogP) is 10.1. The molecule has 12 atom stereocenters. The van der Waals surface area contributed by atoms with E-state index in [-0.39, 0.29) is 12.5 Å². The van der Waals surface area contributed by atoms with Crippen LogP contribution in [0.15, 0.2) is 0 Å². The molecule has 14 heteroatoms. The van der Waals surface area contributed by atoms with E-state index < -0.39 is 86.8 Å². The lowest BCUT2D eigenvalue weighted by Gasteiger charge is -2.46. The number of hydrogen-bond acceptors (Lipinski definition) is 13. The average Bonchev–Trinajstić information content (AvgIpc) is 3.38. The van der Waals surface area contributed by atoms with E-state index in [2.05, 4.69) is 19.2 Å². The van der Waals surface area contributed by atoms with Crippen molar-refractivity contribution in [2.45, 2.75) is 344 Å². The van der Waals surface area contributed by atoms with Crippen molar-refractivity contribution in [3.8, 4) is 0 Å². The summed E-state index contributed by atoms with van der Waals surface area (Å²) >= 11 is 0. The smallest absolute Gasteiger partial charge is 0.220 e. The van der Waals surface area contributed by atoms with Crippen LogP contribution in [0.1, 0.15) is 271 Å².